The van der Waals surface area contributed by atoms with Gasteiger partial charge < -0.3 is 10.2 Å². The van der Waals surface area contributed by atoms with Gasteiger partial charge in [0.15, 0.2) is 5.76 Å². The Bertz CT molecular complexity index is 1160. The first-order chi connectivity index (χ1) is 13.9. The van der Waals surface area contributed by atoms with E-state index in [-0.39, 0.29) is 27.5 Å². The van der Waals surface area contributed by atoms with Crippen LogP contribution in [0.4, 0.5) is 14.5 Å². The van der Waals surface area contributed by atoms with Crippen LogP contribution in [0.15, 0.2) is 71.3 Å². The summed E-state index contributed by atoms with van der Waals surface area (Å²) in [6, 6.07) is 10.4. The molecule has 1 atom stereocenters. The number of halogens is 2. The van der Waals surface area contributed by atoms with Crippen LogP contribution in [0.3, 0.4) is 0 Å². The SMILES string of the molecule is O=C(C1=C(O)C(=O)N(c2ccc(F)cc2F)C1c1cccc(O)c1)c1cccs1. The van der Waals surface area contributed by atoms with Crippen molar-refractivity contribution in [1.29, 1.82) is 0 Å². The van der Waals surface area contributed by atoms with Gasteiger partial charge in [0.2, 0.25) is 5.78 Å². The molecule has 0 saturated carbocycles. The summed E-state index contributed by atoms with van der Waals surface area (Å²) >= 11 is 1.13. The summed E-state index contributed by atoms with van der Waals surface area (Å²) in [4.78, 5) is 27.1. The number of Topliss-reactive ketones (excluding diaryl/α,β-unsaturated/α-hetero) is 1. The van der Waals surface area contributed by atoms with Gasteiger partial charge in [0.05, 0.1) is 22.2 Å². The van der Waals surface area contributed by atoms with Crippen molar-refractivity contribution >= 4 is 28.7 Å². The van der Waals surface area contributed by atoms with Crippen LogP contribution in [0, 0.1) is 11.6 Å². The zero-order valence-corrected chi connectivity index (χ0v) is 15.5. The maximum atomic E-state index is 14.5. The number of rotatable bonds is 4. The number of carbonyl (C=O) groups excluding carboxylic acids is 2. The van der Waals surface area contributed by atoms with Crippen LogP contribution in [0.5, 0.6) is 5.75 Å². The molecule has 2 heterocycles. The number of phenolic OH excluding ortho intramolecular Hbond substituents is 1. The van der Waals surface area contributed by atoms with Gasteiger partial charge in [-0.1, -0.05) is 18.2 Å². The molecular formula is C21H13F2NO4S. The fourth-order valence-corrected chi connectivity index (χ4v) is 3.99. The first kappa shape index (κ1) is 18.8. The maximum absolute atomic E-state index is 14.5. The van der Waals surface area contributed by atoms with E-state index in [1.165, 1.54) is 24.3 Å². The second kappa shape index (κ2) is 7.14. The summed E-state index contributed by atoms with van der Waals surface area (Å²) in [6.45, 7) is 0. The first-order valence-corrected chi connectivity index (χ1v) is 9.35. The lowest BCUT2D eigenvalue weighted by atomic mass is 9.95. The molecule has 0 aliphatic carbocycles. The Kier molecular flexibility index (Phi) is 4.63. The standard InChI is InChI=1S/C21H13F2NO4S/c22-12-6-7-15(14(23)10-12)24-18(11-3-1-4-13(25)9-11)17(20(27)21(24)28)19(26)16-5-2-8-29-16/h1-10,18,25,27H. The maximum Gasteiger partial charge on any atom is 0.294 e. The van der Waals surface area contributed by atoms with Crippen LogP contribution in [0.2, 0.25) is 0 Å². The monoisotopic (exact) mass is 413 g/mol. The number of thiophene rings is 1. The molecule has 1 unspecified atom stereocenters. The number of aliphatic hydroxyl groups excluding tert-OH is 1. The van der Waals surface area contributed by atoms with E-state index in [0.717, 1.165) is 28.4 Å². The van der Waals surface area contributed by atoms with E-state index in [9.17, 15) is 28.6 Å². The molecule has 1 aromatic heterocycles. The highest BCUT2D eigenvalue weighted by Crippen LogP contribution is 2.43. The molecule has 3 aromatic rings. The average Bonchev–Trinajstić information content (AvgIpc) is 3.30. The van der Waals surface area contributed by atoms with Crippen LogP contribution in [0.25, 0.3) is 0 Å². The zero-order chi connectivity index (χ0) is 20.7. The molecule has 5 nitrogen and oxygen atoms in total. The van der Waals surface area contributed by atoms with Crippen molar-refractivity contribution in [3.05, 3.63) is 93.4 Å². The number of phenols is 1. The summed E-state index contributed by atoms with van der Waals surface area (Å²) in [5.74, 6) is -4.41. The lowest BCUT2D eigenvalue weighted by Gasteiger charge is -2.27. The number of hydrogen-bond donors (Lipinski definition) is 2. The van der Waals surface area contributed by atoms with E-state index < -0.39 is 35.1 Å². The summed E-state index contributed by atoms with van der Waals surface area (Å²) in [5.41, 5.74) is -0.261. The Morgan fingerprint density at radius 3 is 2.48 bits per heavy atom. The molecule has 1 aliphatic rings. The largest absolute Gasteiger partial charge is 0.508 e. The first-order valence-electron chi connectivity index (χ1n) is 8.47. The average molecular weight is 413 g/mol. The number of ketones is 1. The minimum absolute atomic E-state index is 0.135. The van der Waals surface area contributed by atoms with Crippen molar-refractivity contribution < 1.29 is 28.6 Å². The predicted octanol–water partition coefficient (Wildman–Crippen LogP) is 4.51. The fourth-order valence-electron chi connectivity index (χ4n) is 3.31. The van der Waals surface area contributed by atoms with Gasteiger partial charge in [0, 0.05) is 6.07 Å². The van der Waals surface area contributed by atoms with Crippen LogP contribution in [-0.4, -0.2) is 21.9 Å². The fraction of sp³-hybridized carbons (Fsp3) is 0.0476. The molecule has 8 heteroatoms. The van der Waals surface area contributed by atoms with Gasteiger partial charge in [-0.25, -0.2) is 8.78 Å². The Morgan fingerprint density at radius 1 is 1.03 bits per heavy atom. The van der Waals surface area contributed by atoms with Crippen molar-refractivity contribution in [3.63, 3.8) is 0 Å². The van der Waals surface area contributed by atoms with Gasteiger partial charge in [-0.15, -0.1) is 11.3 Å². The Balaban J connectivity index is 1.92. The molecule has 0 bridgehead atoms. The number of hydrogen-bond acceptors (Lipinski definition) is 5. The molecule has 2 aromatic carbocycles. The van der Waals surface area contributed by atoms with Crippen molar-refractivity contribution in [2.75, 3.05) is 4.90 Å². The summed E-state index contributed by atoms with van der Waals surface area (Å²) in [5, 5.41) is 22.1. The molecule has 1 amide bonds. The third-order valence-corrected chi connectivity index (χ3v) is 5.42. The number of carbonyl (C=O) groups is 2. The van der Waals surface area contributed by atoms with E-state index in [1.807, 2.05) is 0 Å². The van der Waals surface area contributed by atoms with Gasteiger partial charge in [0.1, 0.15) is 17.4 Å². The molecule has 0 radical (unpaired) electrons. The Morgan fingerprint density at radius 2 is 1.83 bits per heavy atom. The molecule has 29 heavy (non-hydrogen) atoms. The van der Waals surface area contributed by atoms with Crippen molar-refractivity contribution in [2.45, 2.75) is 6.04 Å². The lowest BCUT2D eigenvalue weighted by Crippen LogP contribution is -2.31. The number of aromatic hydroxyl groups is 1. The number of anilines is 1. The molecule has 0 saturated heterocycles. The second-order valence-electron chi connectivity index (χ2n) is 6.34. The van der Waals surface area contributed by atoms with E-state index >= 15 is 0 Å². The third-order valence-electron chi connectivity index (χ3n) is 4.55. The number of amides is 1. The molecular weight excluding hydrogens is 400 g/mol. The summed E-state index contributed by atoms with van der Waals surface area (Å²) < 4.78 is 27.9. The molecule has 1 aliphatic heterocycles. The van der Waals surface area contributed by atoms with E-state index in [1.54, 1.807) is 17.5 Å². The van der Waals surface area contributed by atoms with Crippen molar-refractivity contribution in [3.8, 4) is 5.75 Å². The minimum Gasteiger partial charge on any atom is -0.508 e. The van der Waals surface area contributed by atoms with Gasteiger partial charge in [0.25, 0.3) is 5.91 Å². The minimum atomic E-state index is -1.20. The molecule has 146 valence electrons. The van der Waals surface area contributed by atoms with Crippen LogP contribution in [0.1, 0.15) is 21.3 Å². The normalized spacial score (nSPS) is 16.6. The molecule has 0 fully saturated rings. The Labute approximate surface area is 167 Å². The van der Waals surface area contributed by atoms with Gasteiger partial charge in [-0.05, 0) is 41.3 Å². The highest BCUT2D eigenvalue weighted by atomic mass is 32.1. The topological polar surface area (TPSA) is 77.8 Å². The van der Waals surface area contributed by atoms with E-state index in [0.29, 0.717) is 6.07 Å². The second-order valence-corrected chi connectivity index (χ2v) is 7.28. The molecule has 2 N–H and O–H groups in total. The number of aliphatic hydroxyl groups is 1. The smallest absolute Gasteiger partial charge is 0.294 e. The van der Waals surface area contributed by atoms with Crippen molar-refractivity contribution in [1.82, 2.24) is 0 Å². The van der Waals surface area contributed by atoms with Crippen LogP contribution in [-0.2, 0) is 4.79 Å². The lowest BCUT2D eigenvalue weighted by molar-refractivity contribution is -0.117. The number of nitrogens with zero attached hydrogens (tertiary/aromatic N) is 1. The highest BCUT2D eigenvalue weighted by molar-refractivity contribution is 7.12. The van der Waals surface area contributed by atoms with E-state index in [2.05, 4.69) is 0 Å². The Hall–Kier alpha value is -3.52. The van der Waals surface area contributed by atoms with E-state index in [4.69, 9.17) is 0 Å². The van der Waals surface area contributed by atoms with Gasteiger partial charge in [-0.3, -0.25) is 14.5 Å². The van der Waals surface area contributed by atoms with Gasteiger partial charge >= 0.3 is 0 Å². The van der Waals surface area contributed by atoms with Gasteiger partial charge in [-0.2, -0.15) is 0 Å². The molecule has 0 spiro atoms. The summed E-state index contributed by atoms with van der Waals surface area (Å²) in [7, 11) is 0. The quantitative estimate of drug-likeness (QED) is 0.617. The van der Waals surface area contributed by atoms with Crippen LogP contribution >= 0.6 is 11.3 Å². The predicted molar refractivity (Wildman–Crippen MR) is 103 cm³/mol. The van der Waals surface area contributed by atoms with Crippen LogP contribution < -0.4 is 4.90 Å². The van der Waals surface area contributed by atoms with Crippen molar-refractivity contribution in [2.24, 2.45) is 0 Å². The third kappa shape index (κ3) is 3.17. The number of benzene rings is 2. The summed E-state index contributed by atoms with van der Waals surface area (Å²) in [6.07, 6.45) is 0. The molecule has 4 rings (SSSR count). The highest BCUT2D eigenvalue weighted by Gasteiger charge is 2.45. The zero-order valence-electron chi connectivity index (χ0n) is 14.7.